The first-order chi connectivity index (χ1) is 6.43. The minimum absolute atomic E-state index is 0.314. The summed E-state index contributed by atoms with van der Waals surface area (Å²) < 4.78 is 37.0. The summed E-state index contributed by atoms with van der Waals surface area (Å²) in [7, 11) is 0. The molecular formula is C7H5F3N2O2. The Bertz CT molecular complexity index is 381. The number of nitrogens with zero attached hydrogens (tertiary/aromatic N) is 2. The first-order valence-corrected chi connectivity index (χ1v) is 3.53. The van der Waals surface area contributed by atoms with Gasteiger partial charge in [-0.3, -0.25) is 0 Å². The van der Waals surface area contributed by atoms with Crippen molar-refractivity contribution >= 4 is 5.82 Å². The van der Waals surface area contributed by atoms with Crippen LogP contribution < -0.4 is 0 Å². The third kappa shape index (κ3) is 1.81. The average Bonchev–Trinajstić information content (AvgIpc) is 2.07. The SMILES string of the molecule is Cc1c(C(F)F)cc(F)nc1[N+](=O)[O-]. The van der Waals surface area contributed by atoms with Crippen LogP contribution in [0.4, 0.5) is 19.0 Å². The van der Waals surface area contributed by atoms with E-state index in [-0.39, 0.29) is 5.56 Å². The van der Waals surface area contributed by atoms with Crippen LogP contribution in [0.3, 0.4) is 0 Å². The molecule has 4 nitrogen and oxygen atoms in total. The molecule has 1 heterocycles. The van der Waals surface area contributed by atoms with Crippen molar-refractivity contribution in [3.8, 4) is 0 Å². The zero-order chi connectivity index (χ0) is 10.9. The fourth-order valence-corrected chi connectivity index (χ4v) is 0.987. The number of halogens is 3. The molecule has 1 rings (SSSR count). The lowest BCUT2D eigenvalue weighted by molar-refractivity contribution is -0.390. The fraction of sp³-hybridized carbons (Fsp3) is 0.286. The van der Waals surface area contributed by atoms with Crippen LogP contribution in [0.15, 0.2) is 6.07 Å². The van der Waals surface area contributed by atoms with Crippen molar-refractivity contribution in [1.29, 1.82) is 0 Å². The molecule has 1 aromatic rings. The molecule has 0 radical (unpaired) electrons. The van der Waals surface area contributed by atoms with Gasteiger partial charge in [-0.1, -0.05) is 0 Å². The van der Waals surface area contributed by atoms with Crippen molar-refractivity contribution in [3.63, 3.8) is 0 Å². The highest BCUT2D eigenvalue weighted by Crippen LogP contribution is 2.27. The summed E-state index contributed by atoms with van der Waals surface area (Å²) >= 11 is 0. The van der Waals surface area contributed by atoms with E-state index in [0.717, 1.165) is 6.92 Å². The molecule has 0 atom stereocenters. The quantitative estimate of drug-likeness (QED) is 0.424. The van der Waals surface area contributed by atoms with Crippen LogP contribution in [0.25, 0.3) is 0 Å². The number of nitro groups is 1. The topological polar surface area (TPSA) is 56.0 Å². The smallest absolute Gasteiger partial charge is 0.358 e. The molecule has 0 fully saturated rings. The highest BCUT2D eigenvalue weighted by Gasteiger charge is 2.23. The van der Waals surface area contributed by atoms with Crippen LogP contribution in [0.5, 0.6) is 0 Å². The van der Waals surface area contributed by atoms with Crippen LogP contribution in [0.2, 0.25) is 0 Å². The van der Waals surface area contributed by atoms with Crippen LogP contribution in [-0.4, -0.2) is 9.91 Å². The standard InChI is InChI=1S/C7H5F3N2O2/c1-3-4(6(9)10)2-5(8)11-7(3)12(13)14/h2,6H,1H3. The van der Waals surface area contributed by atoms with Gasteiger partial charge in [0.05, 0.1) is 5.56 Å². The number of hydrogen-bond acceptors (Lipinski definition) is 3. The van der Waals surface area contributed by atoms with E-state index in [4.69, 9.17) is 0 Å². The van der Waals surface area contributed by atoms with Crippen molar-refractivity contribution in [2.45, 2.75) is 13.3 Å². The maximum absolute atomic E-state index is 12.6. The van der Waals surface area contributed by atoms with Gasteiger partial charge in [-0.25, -0.2) is 8.78 Å². The van der Waals surface area contributed by atoms with Gasteiger partial charge in [-0.2, -0.15) is 4.39 Å². The molecular weight excluding hydrogens is 201 g/mol. The van der Waals surface area contributed by atoms with Crippen molar-refractivity contribution in [2.75, 3.05) is 0 Å². The summed E-state index contributed by atoms with van der Waals surface area (Å²) in [6.45, 7) is 1.10. The molecule has 0 saturated carbocycles. The van der Waals surface area contributed by atoms with Gasteiger partial charge in [0.25, 0.3) is 6.43 Å². The van der Waals surface area contributed by atoms with Gasteiger partial charge < -0.3 is 10.1 Å². The first kappa shape index (κ1) is 10.4. The Hall–Kier alpha value is -1.66. The van der Waals surface area contributed by atoms with Crippen molar-refractivity contribution in [3.05, 3.63) is 33.3 Å². The van der Waals surface area contributed by atoms with Gasteiger partial charge in [-0.15, -0.1) is 0 Å². The molecule has 0 bridgehead atoms. The molecule has 0 N–H and O–H groups in total. The predicted molar refractivity (Wildman–Crippen MR) is 40.5 cm³/mol. The lowest BCUT2D eigenvalue weighted by Crippen LogP contribution is -2.02. The summed E-state index contributed by atoms with van der Waals surface area (Å²) in [5.74, 6) is -2.15. The lowest BCUT2D eigenvalue weighted by Gasteiger charge is -2.03. The Morgan fingerprint density at radius 1 is 1.57 bits per heavy atom. The molecule has 0 saturated heterocycles. The second-order valence-corrected chi connectivity index (χ2v) is 2.54. The summed E-state index contributed by atoms with van der Waals surface area (Å²) in [5, 5.41) is 10.3. The van der Waals surface area contributed by atoms with E-state index in [2.05, 4.69) is 4.98 Å². The Morgan fingerprint density at radius 3 is 2.57 bits per heavy atom. The zero-order valence-electron chi connectivity index (χ0n) is 7.00. The highest BCUT2D eigenvalue weighted by atomic mass is 19.3. The zero-order valence-corrected chi connectivity index (χ0v) is 7.00. The molecule has 0 amide bonds. The first-order valence-electron chi connectivity index (χ1n) is 3.53. The average molecular weight is 206 g/mol. The van der Waals surface area contributed by atoms with Gasteiger partial charge >= 0.3 is 11.8 Å². The number of hydrogen-bond donors (Lipinski definition) is 0. The number of rotatable bonds is 2. The predicted octanol–water partition coefficient (Wildman–Crippen LogP) is 2.37. The molecule has 76 valence electrons. The third-order valence-electron chi connectivity index (χ3n) is 1.66. The van der Waals surface area contributed by atoms with E-state index in [0.29, 0.717) is 6.07 Å². The number of pyridine rings is 1. The monoisotopic (exact) mass is 206 g/mol. The van der Waals surface area contributed by atoms with E-state index in [1.807, 2.05) is 0 Å². The van der Waals surface area contributed by atoms with Gasteiger partial charge in [0.1, 0.15) is 0 Å². The molecule has 14 heavy (non-hydrogen) atoms. The van der Waals surface area contributed by atoms with Gasteiger partial charge in [0.15, 0.2) is 0 Å². The molecule has 0 unspecified atom stereocenters. The highest BCUT2D eigenvalue weighted by molar-refractivity contribution is 5.38. The van der Waals surface area contributed by atoms with E-state index < -0.39 is 28.7 Å². The Kier molecular flexibility index (Phi) is 2.68. The van der Waals surface area contributed by atoms with Gasteiger partial charge in [0.2, 0.25) is 0 Å². The van der Waals surface area contributed by atoms with Crippen LogP contribution in [-0.2, 0) is 0 Å². The normalized spacial score (nSPS) is 10.6. The Labute approximate surface area is 76.5 Å². The van der Waals surface area contributed by atoms with Crippen molar-refractivity contribution in [2.24, 2.45) is 0 Å². The van der Waals surface area contributed by atoms with Crippen LogP contribution >= 0.6 is 0 Å². The molecule has 1 aromatic heterocycles. The molecule has 0 aliphatic rings. The Morgan fingerprint density at radius 2 is 2.14 bits per heavy atom. The molecule has 0 aliphatic carbocycles. The summed E-state index contributed by atoms with van der Waals surface area (Å²) in [6.07, 6.45) is -2.95. The lowest BCUT2D eigenvalue weighted by atomic mass is 10.1. The molecule has 0 spiro atoms. The molecule has 7 heteroatoms. The minimum Gasteiger partial charge on any atom is -0.358 e. The Balaban J connectivity index is 3.40. The van der Waals surface area contributed by atoms with E-state index in [1.54, 1.807) is 0 Å². The van der Waals surface area contributed by atoms with E-state index >= 15 is 0 Å². The largest absolute Gasteiger partial charge is 0.370 e. The summed E-state index contributed by atoms with van der Waals surface area (Å²) in [5.41, 5.74) is -1.02. The maximum Gasteiger partial charge on any atom is 0.370 e. The second kappa shape index (κ2) is 3.60. The maximum atomic E-state index is 12.6. The molecule has 0 aliphatic heterocycles. The number of aromatic nitrogens is 1. The molecule has 0 aromatic carbocycles. The second-order valence-electron chi connectivity index (χ2n) is 2.54. The fourth-order valence-electron chi connectivity index (χ4n) is 0.987. The van der Waals surface area contributed by atoms with Crippen molar-refractivity contribution in [1.82, 2.24) is 4.98 Å². The third-order valence-corrected chi connectivity index (χ3v) is 1.66. The minimum atomic E-state index is -2.95. The van der Waals surface area contributed by atoms with Crippen molar-refractivity contribution < 1.29 is 18.1 Å². The van der Waals surface area contributed by atoms with Gasteiger partial charge in [0, 0.05) is 11.6 Å². The number of alkyl halides is 2. The van der Waals surface area contributed by atoms with E-state index in [9.17, 15) is 23.3 Å². The van der Waals surface area contributed by atoms with E-state index in [1.165, 1.54) is 0 Å². The van der Waals surface area contributed by atoms with Gasteiger partial charge in [-0.05, 0) is 16.8 Å². The van der Waals surface area contributed by atoms with Crippen LogP contribution in [0.1, 0.15) is 17.6 Å². The summed E-state index contributed by atoms with van der Waals surface area (Å²) in [4.78, 5) is 12.2. The summed E-state index contributed by atoms with van der Waals surface area (Å²) in [6, 6.07) is 0.493. The van der Waals surface area contributed by atoms with Crippen LogP contribution in [0, 0.1) is 23.0 Å².